The lowest BCUT2D eigenvalue weighted by molar-refractivity contribution is -0.384. The zero-order chi connectivity index (χ0) is 24.4. The van der Waals surface area contributed by atoms with Crippen LogP contribution in [0.25, 0.3) is 27.6 Å². The quantitative estimate of drug-likeness (QED) is 0.139. The van der Waals surface area contributed by atoms with E-state index >= 15 is 0 Å². The molecule has 0 aliphatic rings. The first-order chi connectivity index (χ1) is 17.0. The number of nitrogens with zero attached hydrogens (tertiary/aromatic N) is 5. The molecular formula is C24H15BrN6O3S. The number of H-pyrrole nitrogens is 1. The average molecular weight is 547 g/mol. The summed E-state index contributed by atoms with van der Waals surface area (Å²) in [6.45, 7) is 0. The predicted molar refractivity (Wildman–Crippen MR) is 138 cm³/mol. The molecule has 3 aromatic carbocycles. The third-order valence-corrected chi connectivity index (χ3v) is 6.54. The van der Waals surface area contributed by atoms with Crippen molar-refractivity contribution in [1.29, 1.82) is 0 Å². The molecular weight excluding hydrogens is 532 g/mol. The van der Waals surface area contributed by atoms with Gasteiger partial charge >= 0.3 is 5.56 Å². The minimum Gasteiger partial charge on any atom is -0.286 e. The molecule has 0 saturated heterocycles. The number of hydrogen-bond acceptors (Lipinski definition) is 7. The highest BCUT2D eigenvalue weighted by molar-refractivity contribution is 9.10. The van der Waals surface area contributed by atoms with Gasteiger partial charge in [0.25, 0.3) is 5.69 Å². The van der Waals surface area contributed by atoms with E-state index in [0.717, 1.165) is 16.8 Å². The zero-order valence-electron chi connectivity index (χ0n) is 17.8. The van der Waals surface area contributed by atoms with Gasteiger partial charge in [-0.3, -0.25) is 20.0 Å². The van der Waals surface area contributed by atoms with Gasteiger partial charge in [-0.2, -0.15) is 4.68 Å². The van der Waals surface area contributed by atoms with Crippen molar-refractivity contribution in [3.05, 3.63) is 109 Å². The number of nitro groups is 1. The summed E-state index contributed by atoms with van der Waals surface area (Å²) in [6, 6.07) is 23.1. The lowest BCUT2D eigenvalue weighted by Crippen LogP contribution is -2.13. The number of rotatable bonds is 6. The Bertz CT molecular complexity index is 1610. The molecule has 0 amide bonds. The molecule has 1 N–H and O–H groups in total. The molecule has 35 heavy (non-hydrogen) atoms. The molecule has 0 fully saturated rings. The fourth-order valence-corrected chi connectivity index (χ4v) is 4.60. The molecule has 172 valence electrons. The van der Waals surface area contributed by atoms with Crippen molar-refractivity contribution in [3.8, 4) is 27.6 Å². The minimum atomic E-state index is -0.498. The first kappa shape index (κ1) is 22.6. The Kier molecular flexibility index (Phi) is 6.17. The summed E-state index contributed by atoms with van der Waals surface area (Å²) in [6.07, 6.45) is 0. The zero-order valence-corrected chi connectivity index (χ0v) is 20.2. The first-order valence-electron chi connectivity index (χ1n) is 10.3. The molecule has 5 rings (SSSR count). The summed E-state index contributed by atoms with van der Waals surface area (Å²) in [7, 11) is 0. The number of aromatic nitrogens is 3. The van der Waals surface area contributed by atoms with Gasteiger partial charge in [0.15, 0.2) is 5.69 Å². The second-order valence-electron chi connectivity index (χ2n) is 7.32. The number of hydrogen-bond donors (Lipinski definition) is 1. The van der Waals surface area contributed by atoms with Crippen LogP contribution >= 0.6 is 27.3 Å². The molecule has 0 aliphatic heterocycles. The Hall–Kier alpha value is -4.22. The normalized spacial score (nSPS) is 11.2. The van der Waals surface area contributed by atoms with E-state index in [0.29, 0.717) is 21.0 Å². The van der Waals surface area contributed by atoms with Crippen LogP contribution in [0.4, 0.5) is 17.1 Å². The highest BCUT2D eigenvalue weighted by atomic mass is 79.9. The minimum absolute atomic E-state index is 0.0808. The molecule has 0 radical (unpaired) electrons. The second-order valence-corrected chi connectivity index (χ2v) is 9.01. The van der Waals surface area contributed by atoms with E-state index in [1.807, 2.05) is 66.0 Å². The summed E-state index contributed by atoms with van der Waals surface area (Å²) < 4.78 is 1.73. The molecule has 5 aromatic rings. The van der Waals surface area contributed by atoms with Crippen molar-refractivity contribution < 1.29 is 4.92 Å². The van der Waals surface area contributed by atoms with Crippen molar-refractivity contribution in [2.24, 2.45) is 10.2 Å². The van der Waals surface area contributed by atoms with Gasteiger partial charge in [-0.05, 0) is 22.0 Å². The third kappa shape index (κ3) is 4.59. The molecule has 2 aromatic heterocycles. The standard InChI is InChI=1S/C24H15BrN6O3S/c25-18-13-17(31(33)34)11-12-19(18)27-28-22-21(16-9-5-2-6-10-16)29-30(23(22)32)24-26-20(14-35-24)15-7-3-1-4-8-15/h1-14,29H. The van der Waals surface area contributed by atoms with E-state index in [2.05, 4.69) is 36.2 Å². The number of halogens is 1. The Labute approximate surface area is 210 Å². The van der Waals surface area contributed by atoms with E-state index in [1.54, 1.807) is 0 Å². The van der Waals surface area contributed by atoms with Crippen molar-refractivity contribution in [3.63, 3.8) is 0 Å². The number of thiazole rings is 1. The second kappa shape index (κ2) is 9.57. The van der Waals surface area contributed by atoms with Crippen LogP contribution in [0.2, 0.25) is 0 Å². The van der Waals surface area contributed by atoms with Gasteiger partial charge in [-0.25, -0.2) is 4.98 Å². The molecule has 0 aliphatic carbocycles. The smallest absolute Gasteiger partial charge is 0.286 e. The number of nitrogens with one attached hydrogen (secondary N) is 1. The first-order valence-corrected chi connectivity index (χ1v) is 12.0. The number of benzene rings is 3. The summed E-state index contributed by atoms with van der Waals surface area (Å²) in [5.74, 6) is 0. The van der Waals surface area contributed by atoms with Crippen molar-refractivity contribution in [2.45, 2.75) is 0 Å². The maximum absolute atomic E-state index is 13.4. The topological polar surface area (TPSA) is 119 Å². The van der Waals surface area contributed by atoms with E-state index in [4.69, 9.17) is 0 Å². The number of nitro benzene ring substituents is 1. The van der Waals surface area contributed by atoms with Crippen LogP contribution in [0.5, 0.6) is 0 Å². The van der Waals surface area contributed by atoms with Crippen LogP contribution in [0.15, 0.2) is 104 Å². The monoisotopic (exact) mass is 546 g/mol. The molecule has 2 heterocycles. The van der Waals surface area contributed by atoms with Crippen LogP contribution in [-0.2, 0) is 0 Å². The van der Waals surface area contributed by atoms with Crippen LogP contribution in [-0.4, -0.2) is 19.7 Å². The number of aromatic amines is 1. The van der Waals surface area contributed by atoms with Crippen LogP contribution in [0, 0.1) is 10.1 Å². The SMILES string of the molecule is O=c1c(N=Nc2ccc([N+](=O)[O-])cc2Br)c(-c2ccccc2)[nH]n1-c1nc(-c2ccccc2)cs1. The lowest BCUT2D eigenvalue weighted by Gasteiger charge is -1.99. The van der Waals surface area contributed by atoms with E-state index in [-0.39, 0.29) is 11.4 Å². The van der Waals surface area contributed by atoms with E-state index < -0.39 is 10.5 Å². The molecule has 0 spiro atoms. The van der Waals surface area contributed by atoms with Crippen LogP contribution in [0.1, 0.15) is 0 Å². The van der Waals surface area contributed by atoms with Crippen molar-refractivity contribution >= 4 is 44.3 Å². The average Bonchev–Trinajstić information content (AvgIpc) is 3.49. The summed E-state index contributed by atoms with van der Waals surface area (Å²) in [4.78, 5) is 28.5. The van der Waals surface area contributed by atoms with Crippen molar-refractivity contribution in [2.75, 3.05) is 0 Å². The van der Waals surface area contributed by atoms with E-state index in [1.165, 1.54) is 34.2 Å². The Morgan fingerprint density at radius 2 is 1.66 bits per heavy atom. The Morgan fingerprint density at radius 1 is 0.971 bits per heavy atom. The maximum Gasteiger partial charge on any atom is 0.301 e. The predicted octanol–water partition coefficient (Wildman–Crippen LogP) is 7.04. The Morgan fingerprint density at radius 3 is 2.31 bits per heavy atom. The number of azo groups is 1. The molecule has 0 unspecified atom stereocenters. The fourth-order valence-electron chi connectivity index (χ4n) is 3.36. The molecule has 9 nitrogen and oxygen atoms in total. The van der Waals surface area contributed by atoms with Crippen molar-refractivity contribution in [1.82, 2.24) is 14.8 Å². The number of non-ortho nitro benzene ring substituents is 1. The van der Waals surface area contributed by atoms with Crippen LogP contribution in [0.3, 0.4) is 0 Å². The molecule has 0 atom stereocenters. The highest BCUT2D eigenvalue weighted by Crippen LogP contribution is 2.33. The van der Waals surface area contributed by atoms with Gasteiger partial charge in [-0.1, -0.05) is 60.7 Å². The largest absolute Gasteiger partial charge is 0.301 e. The lowest BCUT2D eigenvalue weighted by atomic mass is 10.1. The molecule has 11 heteroatoms. The molecule has 0 bridgehead atoms. The van der Waals surface area contributed by atoms with Gasteiger partial charge in [0.05, 0.1) is 20.8 Å². The fraction of sp³-hybridized carbons (Fsp3) is 0. The summed E-state index contributed by atoms with van der Waals surface area (Å²) in [5, 5.41) is 24.9. The summed E-state index contributed by atoms with van der Waals surface area (Å²) in [5.41, 5.74) is 2.88. The van der Waals surface area contributed by atoms with Gasteiger partial charge in [0.2, 0.25) is 5.13 Å². The third-order valence-electron chi connectivity index (χ3n) is 5.08. The van der Waals surface area contributed by atoms with E-state index in [9.17, 15) is 14.9 Å². The maximum atomic E-state index is 13.4. The van der Waals surface area contributed by atoms with Gasteiger partial charge in [0, 0.05) is 28.6 Å². The van der Waals surface area contributed by atoms with Gasteiger partial charge < -0.3 is 0 Å². The van der Waals surface area contributed by atoms with Gasteiger partial charge in [0.1, 0.15) is 5.69 Å². The Balaban J connectivity index is 1.59. The summed E-state index contributed by atoms with van der Waals surface area (Å²) >= 11 is 4.61. The van der Waals surface area contributed by atoms with Crippen LogP contribution < -0.4 is 5.56 Å². The highest BCUT2D eigenvalue weighted by Gasteiger charge is 2.19. The van der Waals surface area contributed by atoms with Gasteiger partial charge in [-0.15, -0.1) is 21.6 Å². The molecule has 0 saturated carbocycles.